The summed E-state index contributed by atoms with van der Waals surface area (Å²) < 4.78 is 0. The van der Waals surface area contributed by atoms with Gasteiger partial charge in [-0.15, -0.1) is 0 Å². The molecule has 0 aliphatic carbocycles. The van der Waals surface area contributed by atoms with E-state index < -0.39 is 0 Å². The van der Waals surface area contributed by atoms with Crippen LogP contribution in [0.15, 0.2) is 60.7 Å². The summed E-state index contributed by atoms with van der Waals surface area (Å²) in [6.07, 6.45) is 4.87. The highest BCUT2D eigenvalue weighted by molar-refractivity contribution is 5.80. The number of benzene rings is 2. The van der Waals surface area contributed by atoms with Gasteiger partial charge < -0.3 is 5.32 Å². The number of amides is 1. The number of nitrogens with one attached hydrogen (secondary N) is 1. The first kappa shape index (κ1) is 18.2. The van der Waals surface area contributed by atoms with Crippen molar-refractivity contribution in [2.45, 2.75) is 50.6 Å². The van der Waals surface area contributed by atoms with Gasteiger partial charge in [0.25, 0.3) is 0 Å². The Bertz CT molecular complexity index is 706. The molecule has 0 saturated carbocycles. The highest BCUT2D eigenvalue weighted by Gasteiger charge is 2.42. The molecule has 0 spiro atoms. The van der Waals surface area contributed by atoms with Crippen molar-refractivity contribution >= 4 is 5.91 Å². The second-order valence-corrected chi connectivity index (χ2v) is 8.09. The number of nitrogens with zero attached hydrogens (tertiary/aromatic N) is 1. The largest absolute Gasteiger partial charge is 0.355 e. The van der Waals surface area contributed by atoms with Gasteiger partial charge in [0.05, 0.1) is 5.92 Å². The number of hydrogen-bond acceptors (Lipinski definition) is 2. The van der Waals surface area contributed by atoms with Crippen molar-refractivity contribution in [3.8, 4) is 0 Å². The van der Waals surface area contributed by atoms with Crippen LogP contribution in [0.4, 0.5) is 0 Å². The molecule has 1 amide bonds. The molecule has 4 rings (SSSR count). The molecule has 0 radical (unpaired) electrons. The van der Waals surface area contributed by atoms with Crippen molar-refractivity contribution in [1.29, 1.82) is 0 Å². The van der Waals surface area contributed by atoms with E-state index in [1.807, 2.05) is 12.1 Å². The van der Waals surface area contributed by atoms with Crippen LogP contribution in [0, 0.1) is 5.92 Å². The van der Waals surface area contributed by atoms with E-state index in [9.17, 15) is 4.79 Å². The molecule has 2 aliphatic rings. The fourth-order valence-corrected chi connectivity index (χ4v) is 4.99. The third-order valence-corrected chi connectivity index (χ3v) is 6.53. The Balaban J connectivity index is 1.46. The summed E-state index contributed by atoms with van der Waals surface area (Å²) in [5.41, 5.74) is 2.50. The van der Waals surface area contributed by atoms with E-state index in [2.05, 4.69) is 65.7 Å². The van der Waals surface area contributed by atoms with Crippen molar-refractivity contribution in [3.05, 3.63) is 71.8 Å². The van der Waals surface area contributed by atoms with Crippen LogP contribution in [-0.2, 0) is 4.79 Å². The number of hydrogen-bond donors (Lipinski definition) is 1. The van der Waals surface area contributed by atoms with Crippen molar-refractivity contribution in [1.82, 2.24) is 10.2 Å². The van der Waals surface area contributed by atoms with Gasteiger partial charge in [0.15, 0.2) is 0 Å². The SMILES string of the molecule is CC1C(C(=O)NCC(c2ccccc2)c2ccccc2)CC2CCCCN21. The summed E-state index contributed by atoms with van der Waals surface area (Å²) in [5.74, 6) is 0.546. The normalized spacial score (nSPS) is 25.3. The Morgan fingerprint density at radius 2 is 1.67 bits per heavy atom. The van der Waals surface area contributed by atoms with Crippen LogP contribution in [0.2, 0.25) is 0 Å². The zero-order valence-electron chi connectivity index (χ0n) is 16.2. The number of rotatable bonds is 5. The molecule has 142 valence electrons. The number of fused-ring (bicyclic) bond motifs is 1. The van der Waals surface area contributed by atoms with Crippen molar-refractivity contribution in [2.24, 2.45) is 5.92 Å². The minimum atomic E-state index is 0.125. The molecule has 0 aromatic heterocycles. The van der Waals surface area contributed by atoms with Gasteiger partial charge in [-0.2, -0.15) is 0 Å². The highest BCUT2D eigenvalue weighted by Crippen LogP contribution is 2.35. The van der Waals surface area contributed by atoms with Crippen LogP contribution in [0.5, 0.6) is 0 Å². The van der Waals surface area contributed by atoms with Gasteiger partial charge in [-0.1, -0.05) is 67.1 Å². The molecule has 3 atom stereocenters. The standard InChI is InChI=1S/C24H30N2O/c1-18-22(16-21-14-8-9-15-26(18)21)24(27)25-17-23(19-10-4-2-5-11-19)20-12-6-3-7-13-20/h2-7,10-13,18,21-23H,8-9,14-17H2,1H3,(H,25,27). The van der Waals surface area contributed by atoms with Crippen molar-refractivity contribution in [2.75, 3.05) is 13.1 Å². The molecule has 3 heteroatoms. The second kappa shape index (κ2) is 8.26. The smallest absolute Gasteiger partial charge is 0.224 e. The van der Waals surface area contributed by atoms with E-state index in [0.717, 1.165) is 13.0 Å². The van der Waals surface area contributed by atoms with Crippen LogP contribution in [0.3, 0.4) is 0 Å². The number of carbonyl (C=O) groups is 1. The molecule has 1 N–H and O–H groups in total. The molecular formula is C24H30N2O. The summed E-state index contributed by atoms with van der Waals surface area (Å²) in [6, 6.07) is 22.0. The molecule has 2 heterocycles. The first-order chi connectivity index (χ1) is 13.2. The lowest BCUT2D eigenvalue weighted by Gasteiger charge is -2.32. The fraction of sp³-hybridized carbons (Fsp3) is 0.458. The molecule has 2 aromatic carbocycles. The number of carbonyl (C=O) groups excluding carboxylic acids is 1. The van der Waals surface area contributed by atoms with Crippen LogP contribution in [0.1, 0.15) is 49.7 Å². The lowest BCUT2D eigenvalue weighted by atomic mass is 9.90. The van der Waals surface area contributed by atoms with Gasteiger partial charge in [-0.05, 0) is 43.9 Å². The van der Waals surface area contributed by atoms with Gasteiger partial charge in [-0.25, -0.2) is 0 Å². The van der Waals surface area contributed by atoms with Gasteiger partial charge in [0.2, 0.25) is 5.91 Å². The maximum absolute atomic E-state index is 13.0. The molecule has 27 heavy (non-hydrogen) atoms. The predicted octanol–water partition coefficient (Wildman–Crippen LogP) is 4.20. The molecule has 0 bridgehead atoms. The molecule has 2 aromatic rings. The molecule has 3 nitrogen and oxygen atoms in total. The molecule has 2 saturated heterocycles. The summed E-state index contributed by atoms with van der Waals surface area (Å²) in [4.78, 5) is 15.6. The summed E-state index contributed by atoms with van der Waals surface area (Å²) in [7, 11) is 0. The molecular weight excluding hydrogens is 332 g/mol. The minimum Gasteiger partial charge on any atom is -0.355 e. The van der Waals surface area contributed by atoms with Gasteiger partial charge >= 0.3 is 0 Å². The summed E-state index contributed by atoms with van der Waals surface area (Å²) >= 11 is 0. The Hall–Kier alpha value is -2.13. The van der Waals surface area contributed by atoms with Crippen LogP contribution in [0.25, 0.3) is 0 Å². The fourth-order valence-electron chi connectivity index (χ4n) is 4.99. The average Bonchev–Trinajstić information content (AvgIpc) is 3.07. The van der Waals surface area contributed by atoms with E-state index in [1.165, 1.54) is 30.4 Å². The third-order valence-electron chi connectivity index (χ3n) is 6.53. The van der Waals surface area contributed by atoms with Gasteiger partial charge in [0.1, 0.15) is 0 Å². The predicted molar refractivity (Wildman–Crippen MR) is 110 cm³/mol. The van der Waals surface area contributed by atoms with E-state index in [-0.39, 0.29) is 17.7 Å². The topological polar surface area (TPSA) is 32.3 Å². The lowest BCUT2D eigenvalue weighted by Crippen LogP contribution is -2.42. The Kier molecular flexibility index (Phi) is 5.58. The average molecular weight is 363 g/mol. The monoisotopic (exact) mass is 362 g/mol. The Morgan fingerprint density at radius 1 is 1.04 bits per heavy atom. The van der Waals surface area contributed by atoms with Gasteiger partial charge in [-0.3, -0.25) is 9.69 Å². The number of piperidine rings is 1. The van der Waals surface area contributed by atoms with E-state index in [0.29, 0.717) is 18.6 Å². The third kappa shape index (κ3) is 3.93. The van der Waals surface area contributed by atoms with Crippen LogP contribution < -0.4 is 5.32 Å². The molecule has 3 unspecified atom stereocenters. The van der Waals surface area contributed by atoms with E-state index >= 15 is 0 Å². The lowest BCUT2D eigenvalue weighted by molar-refractivity contribution is -0.125. The zero-order chi connectivity index (χ0) is 18.6. The van der Waals surface area contributed by atoms with Crippen molar-refractivity contribution < 1.29 is 4.79 Å². The highest BCUT2D eigenvalue weighted by atomic mass is 16.2. The maximum Gasteiger partial charge on any atom is 0.224 e. The summed E-state index contributed by atoms with van der Waals surface area (Å²) in [5, 5.41) is 3.30. The van der Waals surface area contributed by atoms with Crippen LogP contribution >= 0.6 is 0 Å². The Morgan fingerprint density at radius 3 is 2.26 bits per heavy atom. The quantitative estimate of drug-likeness (QED) is 0.865. The molecule has 2 fully saturated rings. The first-order valence-electron chi connectivity index (χ1n) is 10.4. The van der Waals surface area contributed by atoms with E-state index in [4.69, 9.17) is 0 Å². The minimum absolute atomic E-state index is 0.125. The zero-order valence-corrected chi connectivity index (χ0v) is 16.2. The molecule has 2 aliphatic heterocycles. The van der Waals surface area contributed by atoms with Crippen LogP contribution in [-0.4, -0.2) is 36.0 Å². The van der Waals surface area contributed by atoms with Gasteiger partial charge in [0, 0.05) is 24.5 Å². The first-order valence-corrected chi connectivity index (χ1v) is 10.4. The Labute approximate surface area is 162 Å². The second-order valence-electron chi connectivity index (χ2n) is 8.09. The summed E-state index contributed by atoms with van der Waals surface area (Å²) in [6.45, 7) is 4.05. The maximum atomic E-state index is 13.0. The van der Waals surface area contributed by atoms with Crippen molar-refractivity contribution in [3.63, 3.8) is 0 Å². The van der Waals surface area contributed by atoms with E-state index in [1.54, 1.807) is 0 Å².